The van der Waals surface area contributed by atoms with Gasteiger partial charge in [-0.15, -0.1) is 0 Å². The highest BCUT2D eigenvalue weighted by molar-refractivity contribution is 5.98. The first-order valence-electron chi connectivity index (χ1n) is 7.81. The van der Waals surface area contributed by atoms with Crippen LogP contribution in [0.5, 0.6) is 5.88 Å². The van der Waals surface area contributed by atoms with Crippen LogP contribution in [0.25, 0.3) is 0 Å². The first-order chi connectivity index (χ1) is 9.79. The molecular formula is C17H27NO2. The van der Waals surface area contributed by atoms with E-state index in [9.17, 15) is 4.79 Å². The Labute approximate surface area is 122 Å². The Hall–Kier alpha value is -1.38. The lowest BCUT2D eigenvalue weighted by molar-refractivity contribution is 0.0975. The molecule has 0 aromatic carbocycles. The third kappa shape index (κ3) is 6.18. The van der Waals surface area contributed by atoms with Gasteiger partial charge >= 0.3 is 0 Å². The fraction of sp³-hybridized carbons (Fsp3) is 0.647. The molecule has 0 unspecified atom stereocenters. The smallest absolute Gasteiger partial charge is 0.224 e. The molecule has 1 heterocycles. The Balaban J connectivity index is 2.17. The molecule has 0 spiro atoms. The number of carbonyl (C=O) groups excluding carboxylic acids is 1. The van der Waals surface area contributed by atoms with Crippen molar-refractivity contribution in [3.8, 4) is 5.88 Å². The van der Waals surface area contributed by atoms with Crippen molar-refractivity contribution in [2.24, 2.45) is 0 Å². The van der Waals surface area contributed by atoms with Crippen molar-refractivity contribution in [2.75, 3.05) is 7.11 Å². The summed E-state index contributed by atoms with van der Waals surface area (Å²) >= 11 is 0. The quantitative estimate of drug-likeness (QED) is 0.430. The van der Waals surface area contributed by atoms with Gasteiger partial charge in [0.2, 0.25) is 5.88 Å². The maximum atomic E-state index is 12.1. The van der Waals surface area contributed by atoms with Crippen molar-refractivity contribution in [3.63, 3.8) is 0 Å². The number of hydrogen-bond donors (Lipinski definition) is 0. The van der Waals surface area contributed by atoms with Gasteiger partial charge in [-0.3, -0.25) is 4.79 Å². The van der Waals surface area contributed by atoms with E-state index >= 15 is 0 Å². The second-order valence-electron chi connectivity index (χ2n) is 5.21. The van der Waals surface area contributed by atoms with Crippen LogP contribution in [0.2, 0.25) is 0 Å². The molecule has 0 N–H and O–H groups in total. The van der Waals surface area contributed by atoms with Gasteiger partial charge in [-0.2, -0.15) is 0 Å². The molecule has 1 rings (SSSR count). The summed E-state index contributed by atoms with van der Waals surface area (Å²) in [5.74, 6) is 0.581. The average Bonchev–Trinajstić information content (AvgIpc) is 2.49. The Morgan fingerprint density at radius 1 is 1.10 bits per heavy atom. The highest BCUT2D eigenvalue weighted by Crippen LogP contribution is 2.17. The lowest BCUT2D eigenvalue weighted by atomic mass is 10.0. The number of ether oxygens (including phenoxy) is 1. The van der Waals surface area contributed by atoms with Crippen LogP contribution in [0.1, 0.15) is 75.1 Å². The van der Waals surface area contributed by atoms with Crippen LogP contribution in [0.4, 0.5) is 0 Å². The predicted molar refractivity (Wildman–Crippen MR) is 82.3 cm³/mol. The Morgan fingerprint density at radius 2 is 1.75 bits per heavy atom. The molecule has 3 nitrogen and oxygen atoms in total. The molecule has 0 aliphatic carbocycles. The number of rotatable bonds is 11. The molecule has 0 fully saturated rings. The monoisotopic (exact) mass is 277 g/mol. The van der Waals surface area contributed by atoms with E-state index in [0.29, 0.717) is 17.9 Å². The number of hydrogen-bond acceptors (Lipinski definition) is 3. The maximum absolute atomic E-state index is 12.1. The van der Waals surface area contributed by atoms with Gasteiger partial charge in [0.1, 0.15) is 0 Å². The van der Waals surface area contributed by atoms with Crippen LogP contribution in [0.3, 0.4) is 0 Å². The molecule has 20 heavy (non-hydrogen) atoms. The van der Waals surface area contributed by atoms with Gasteiger partial charge in [-0.1, -0.05) is 51.9 Å². The Kier molecular flexibility index (Phi) is 8.68. The number of methoxy groups -OCH3 is 1. The molecule has 1 aromatic heterocycles. The largest absolute Gasteiger partial charge is 0.480 e. The number of nitrogens with zero attached hydrogens (tertiary/aromatic N) is 1. The van der Waals surface area contributed by atoms with Gasteiger partial charge in [0.05, 0.1) is 12.7 Å². The molecule has 3 heteroatoms. The number of unbranched alkanes of at least 4 members (excludes halogenated alkanes) is 7. The predicted octanol–water partition coefficient (Wildman–Crippen LogP) is 4.80. The van der Waals surface area contributed by atoms with Gasteiger partial charge in [-0.05, 0) is 18.6 Å². The molecule has 0 saturated heterocycles. The molecule has 0 radical (unpaired) electrons. The molecule has 0 amide bonds. The van der Waals surface area contributed by atoms with Crippen molar-refractivity contribution >= 4 is 5.78 Å². The number of pyridine rings is 1. The fourth-order valence-electron chi connectivity index (χ4n) is 2.32. The van der Waals surface area contributed by atoms with E-state index in [2.05, 4.69) is 11.9 Å². The van der Waals surface area contributed by atoms with E-state index in [0.717, 1.165) is 12.8 Å². The minimum absolute atomic E-state index is 0.140. The zero-order valence-corrected chi connectivity index (χ0v) is 12.9. The van der Waals surface area contributed by atoms with Crippen LogP contribution in [-0.4, -0.2) is 17.9 Å². The summed E-state index contributed by atoms with van der Waals surface area (Å²) in [4.78, 5) is 16.1. The fourth-order valence-corrected chi connectivity index (χ4v) is 2.32. The van der Waals surface area contributed by atoms with Gasteiger partial charge < -0.3 is 4.74 Å². The van der Waals surface area contributed by atoms with E-state index in [-0.39, 0.29) is 5.78 Å². The molecule has 0 aliphatic heterocycles. The number of carbonyl (C=O) groups is 1. The van der Waals surface area contributed by atoms with Crippen LogP contribution in [-0.2, 0) is 0 Å². The molecule has 1 aromatic rings. The van der Waals surface area contributed by atoms with Crippen LogP contribution < -0.4 is 4.74 Å². The highest BCUT2D eigenvalue weighted by atomic mass is 16.5. The lowest BCUT2D eigenvalue weighted by Crippen LogP contribution is -2.03. The van der Waals surface area contributed by atoms with Gasteiger partial charge in [-0.25, -0.2) is 4.98 Å². The highest BCUT2D eigenvalue weighted by Gasteiger charge is 2.11. The van der Waals surface area contributed by atoms with E-state index in [1.807, 2.05) is 0 Å². The summed E-state index contributed by atoms with van der Waals surface area (Å²) in [6, 6.07) is 3.57. The van der Waals surface area contributed by atoms with Crippen LogP contribution in [0, 0.1) is 0 Å². The minimum atomic E-state index is 0.140. The van der Waals surface area contributed by atoms with Crippen molar-refractivity contribution in [2.45, 2.75) is 64.7 Å². The first-order valence-corrected chi connectivity index (χ1v) is 7.81. The van der Waals surface area contributed by atoms with Gasteiger partial charge in [0.25, 0.3) is 0 Å². The van der Waals surface area contributed by atoms with Crippen molar-refractivity contribution in [1.82, 2.24) is 4.98 Å². The standard InChI is InChI=1S/C17H27NO2/c1-3-4-5-6-7-8-9-10-13-16(19)15-12-11-14-18-17(15)20-2/h11-12,14H,3-10,13H2,1-2H3. The van der Waals surface area contributed by atoms with Gasteiger partial charge in [0.15, 0.2) is 5.78 Å². The second kappa shape index (κ2) is 10.4. The third-order valence-corrected chi connectivity index (χ3v) is 3.52. The summed E-state index contributed by atoms with van der Waals surface area (Å²) < 4.78 is 5.12. The van der Waals surface area contributed by atoms with E-state index in [4.69, 9.17) is 4.74 Å². The molecule has 0 aliphatic rings. The maximum Gasteiger partial charge on any atom is 0.224 e. The van der Waals surface area contributed by atoms with Crippen molar-refractivity contribution in [3.05, 3.63) is 23.9 Å². The van der Waals surface area contributed by atoms with Gasteiger partial charge in [0, 0.05) is 12.6 Å². The summed E-state index contributed by atoms with van der Waals surface area (Å²) in [5.41, 5.74) is 0.609. The zero-order valence-electron chi connectivity index (χ0n) is 12.9. The minimum Gasteiger partial charge on any atom is -0.480 e. The van der Waals surface area contributed by atoms with E-state index < -0.39 is 0 Å². The van der Waals surface area contributed by atoms with Crippen LogP contribution in [0.15, 0.2) is 18.3 Å². The Bertz CT molecular complexity index is 390. The summed E-state index contributed by atoms with van der Waals surface area (Å²) in [6.45, 7) is 2.23. The second-order valence-corrected chi connectivity index (χ2v) is 5.21. The van der Waals surface area contributed by atoms with Crippen molar-refractivity contribution in [1.29, 1.82) is 0 Å². The molecule has 0 atom stereocenters. The first kappa shape index (κ1) is 16.7. The van der Waals surface area contributed by atoms with E-state index in [1.54, 1.807) is 25.4 Å². The molecule has 0 saturated carbocycles. The summed E-state index contributed by atoms with van der Waals surface area (Å²) in [7, 11) is 1.55. The topological polar surface area (TPSA) is 39.2 Å². The number of Topliss-reactive ketones (excluding diaryl/α,β-unsaturated/α-hetero) is 1. The normalized spacial score (nSPS) is 10.5. The molecular weight excluding hydrogens is 250 g/mol. The Morgan fingerprint density at radius 3 is 2.40 bits per heavy atom. The molecule has 112 valence electrons. The lowest BCUT2D eigenvalue weighted by Gasteiger charge is -2.06. The van der Waals surface area contributed by atoms with Crippen LogP contribution >= 0.6 is 0 Å². The number of aromatic nitrogens is 1. The van der Waals surface area contributed by atoms with Crippen molar-refractivity contribution < 1.29 is 9.53 Å². The molecule has 0 bridgehead atoms. The zero-order chi connectivity index (χ0) is 14.6. The average molecular weight is 277 g/mol. The number of ketones is 1. The third-order valence-electron chi connectivity index (χ3n) is 3.52. The summed E-state index contributed by atoms with van der Waals surface area (Å²) in [5, 5.41) is 0. The SMILES string of the molecule is CCCCCCCCCCC(=O)c1cccnc1OC. The summed E-state index contributed by atoms with van der Waals surface area (Å²) in [6.07, 6.45) is 12.2. The van der Waals surface area contributed by atoms with E-state index in [1.165, 1.54) is 38.5 Å².